The van der Waals surface area contributed by atoms with Gasteiger partial charge in [0.05, 0.1) is 30.5 Å². The van der Waals surface area contributed by atoms with Gasteiger partial charge in [0.2, 0.25) is 5.90 Å². The third-order valence-electron chi connectivity index (χ3n) is 4.99. The van der Waals surface area contributed by atoms with Crippen LogP contribution in [0.15, 0.2) is 41.4 Å². The van der Waals surface area contributed by atoms with Gasteiger partial charge in [-0.1, -0.05) is 37.3 Å². The molecule has 6 nitrogen and oxygen atoms in total. The molecule has 6 heteroatoms. The van der Waals surface area contributed by atoms with Crippen LogP contribution in [0.25, 0.3) is 0 Å². The van der Waals surface area contributed by atoms with Gasteiger partial charge in [-0.15, -0.1) is 0 Å². The van der Waals surface area contributed by atoms with Crippen LogP contribution in [0, 0.1) is 0 Å². The van der Waals surface area contributed by atoms with Crippen molar-refractivity contribution < 1.29 is 19.4 Å². The van der Waals surface area contributed by atoms with Crippen molar-refractivity contribution in [1.82, 2.24) is 4.98 Å². The fraction of sp³-hybridized carbons (Fsp3) is 0.435. The molecule has 1 aliphatic rings. The van der Waals surface area contributed by atoms with Crippen molar-refractivity contribution in [3.05, 3.63) is 64.5 Å². The highest BCUT2D eigenvalue weighted by Crippen LogP contribution is 2.28. The molecule has 0 bridgehead atoms. The lowest BCUT2D eigenvalue weighted by atomic mass is 9.94. The monoisotopic (exact) mass is 396 g/mol. The van der Waals surface area contributed by atoms with Gasteiger partial charge in [-0.25, -0.2) is 4.99 Å². The van der Waals surface area contributed by atoms with Gasteiger partial charge in [-0.3, -0.25) is 9.78 Å². The third-order valence-corrected chi connectivity index (χ3v) is 4.99. The van der Waals surface area contributed by atoms with Crippen LogP contribution in [0.1, 0.15) is 60.4 Å². The van der Waals surface area contributed by atoms with Crippen LogP contribution in [0.3, 0.4) is 0 Å². The zero-order chi connectivity index (χ0) is 20.8. The Bertz CT molecular complexity index is 878. The number of carbonyl (C=O) groups is 1. The summed E-state index contributed by atoms with van der Waals surface area (Å²) < 4.78 is 10.7. The van der Waals surface area contributed by atoms with Crippen LogP contribution in [0.4, 0.5) is 0 Å². The average Bonchev–Trinajstić information content (AvgIpc) is 3.11. The lowest BCUT2D eigenvalue weighted by Gasteiger charge is -2.15. The first kappa shape index (κ1) is 21.1. The number of aliphatic imine (C=N–C) groups is 1. The lowest BCUT2D eigenvalue weighted by molar-refractivity contribution is -0.118. The number of aromatic nitrogens is 1. The highest BCUT2D eigenvalue weighted by Gasteiger charge is 2.26. The molecule has 0 fully saturated rings. The standard InChI is InChI=1S/C23H28N2O4/c1-15(17-7-5-4-6-8-17)11-20(27)13-19-12-18-14-24-23(29-10-9-28-3)21(18)22(25-19)16(2)26/h4-8,12,15-16,26H,9-11,13-14H2,1-3H3/t15-,16-/m0/s1. The summed E-state index contributed by atoms with van der Waals surface area (Å²) in [5.74, 6) is 0.760. The van der Waals surface area contributed by atoms with E-state index in [0.717, 1.165) is 16.7 Å². The molecule has 0 saturated heterocycles. The Morgan fingerprint density at radius 1 is 1.21 bits per heavy atom. The number of Topliss-reactive ketones (excluding diaryl/α,β-unsaturated/α-hetero) is 1. The fourth-order valence-corrected chi connectivity index (χ4v) is 3.54. The van der Waals surface area contributed by atoms with E-state index in [-0.39, 0.29) is 18.1 Å². The number of methoxy groups -OCH3 is 1. The van der Waals surface area contributed by atoms with Crippen LogP contribution in [-0.2, 0) is 27.2 Å². The van der Waals surface area contributed by atoms with E-state index in [0.29, 0.717) is 43.5 Å². The Balaban J connectivity index is 1.73. The van der Waals surface area contributed by atoms with Crippen molar-refractivity contribution >= 4 is 11.7 Å². The Morgan fingerprint density at radius 3 is 2.66 bits per heavy atom. The number of hydrogen-bond donors (Lipinski definition) is 1. The number of aliphatic hydroxyl groups excluding tert-OH is 1. The first-order chi connectivity index (χ1) is 14.0. The van der Waals surface area contributed by atoms with Gasteiger partial charge < -0.3 is 14.6 Å². The van der Waals surface area contributed by atoms with Crippen LogP contribution in [0.2, 0.25) is 0 Å². The summed E-state index contributed by atoms with van der Waals surface area (Å²) >= 11 is 0. The highest BCUT2D eigenvalue weighted by molar-refractivity contribution is 5.99. The Kier molecular flexibility index (Phi) is 7.12. The molecule has 1 aromatic heterocycles. The van der Waals surface area contributed by atoms with Crippen LogP contribution in [0.5, 0.6) is 0 Å². The maximum Gasteiger partial charge on any atom is 0.218 e. The Labute approximate surface area is 171 Å². The summed E-state index contributed by atoms with van der Waals surface area (Å²) in [6.45, 7) is 5.02. The topological polar surface area (TPSA) is 81.0 Å². The van der Waals surface area contributed by atoms with Gasteiger partial charge in [0.25, 0.3) is 0 Å². The predicted molar refractivity (Wildman–Crippen MR) is 111 cm³/mol. The Hall–Kier alpha value is -2.57. The molecule has 1 aliphatic heterocycles. The van der Waals surface area contributed by atoms with E-state index in [1.54, 1.807) is 14.0 Å². The van der Waals surface area contributed by atoms with Crippen molar-refractivity contribution in [2.45, 2.75) is 45.3 Å². The van der Waals surface area contributed by atoms with Crippen molar-refractivity contribution in [2.75, 3.05) is 20.3 Å². The number of carbonyl (C=O) groups excluding carboxylic acids is 1. The molecule has 0 aliphatic carbocycles. The minimum absolute atomic E-state index is 0.126. The van der Waals surface area contributed by atoms with Gasteiger partial charge in [0.1, 0.15) is 12.4 Å². The number of hydrogen-bond acceptors (Lipinski definition) is 6. The zero-order valence-electron chi connectivity index (χ0n) is 17.2. The second kappa shape index (κ2) is 9.76. The molecule has 0 amide bonds. The summed E-state index contributed by atoms with van der Waals surface area (Å²) in [7, 11) is 1.61. The number of fused-ring (bicyclic) bond motifs is 1. The average molecular weight is 396 g/mol. The molecule has 29 heavy (non-hydrogen) atoms. The minimum Gasteiger partial charge on any atom is -0.475 e. The van der Waals surface area contributed by atoms with Crippen LogP contribution >= 0.6 is 0 Å². The van der Waals surface area contributed by atoms with Gasteiger partial charge in [0, 0.05) is 25.6 Å². The predicted octanol–water partition coefficient (Wildman–Crippen LogP) is 3.36. The number of ether oxygens (including phenoxy) is 2. The summed E-state index contributed by atoms with van der Waals surface area (Å²) in [6, 6.07) is 11.9. The van der Waals surface area contributed by atoms with E-state index in [2.05, 4.69) is 16.9 Å². The number of pyridine rings is 1. The van der Waals surface area contributed by atoms with E-state index >= 15 is 0 Å². The second-order valence-electron chi connectivity index (χ2n) is 7.40. The molecule has 2 heterocycles. The van der Waals surface area contributed by atoms with Crippen molar-refractivity contribution in [3.63, 3.8) is 0 Å². The number of aliphatic hydroxyl groups is 1. The van der Waals surface area contributed by atoms with E-state index in [1.807, 2.05) is 36.4 Å². The largest absolute Gasteiger partial charge is 0.475 e. The van der Waals surface area contributed by atoms with E-state index in [9.17, 15) is 9.90 Å². The van der Waals surface area contributed by atoms with Gasteiger partial charge >= 0.3 is 0 Å². The smallest absolute Gasteiger partial charge is 0.218 e. The molecule has 0 radical (unpaired) electrons. The molecule has 0 saturated carbocycles. The molecule has 154 valence electrons. The van der Waals surface area contributed by atoms with E-state index in [4.69, 9.17) is 9.47 Å². The van der Waals surface area contributed by atoms with Gasteiger partial charge in [-0.2, -0.15) is 0 Å². The van der Waals surface area contributed by atoms with E-state index < -0.39 is 6.10 Å². The van der Waals surface area contributed by atoms with Crippen molar-refractivity contribution in [2.24, 2.45) is 4.99 Å². The SMILES string of the molecule is COCCOC1=NCc2cc(CC(=O)C[C@H](C)c3ccccc3)nc([C@H](C)O)c21. The summed E-state index contributed by atoms with van der Waals surface area (Å²) in [6.07, 6.45) is -0.0880. The van der Waals surface area contributed by atoms with Gasteiger partial charge in [-0.05, 0) is 30.0 Å². The molecule has 2 atom stereocenters. The number of nitrogens with zero attached hydrogens (tertiary/aromatic N) is 2. The Morgan fingerprint density at radius 2 is 1.97 bits per heavy atom. The summed E-state index contributed by atoms with van der Waals surface area (Å²) in [5, 5.41) is 10.2. The summed E-state index contributed by atoms with van der Waals surface area (Å²) in [5.41, 5.74) is 4.00. The molecular formula is C23H28N2O4. The molecule has 1 N–H and O–H groups in total. The third kappa shape index (κ3) is 5.28. The van der Waals surface area contributed by atoms with E-state index in [1.165, 1.54) is 0 Å². The maximum absolute atomic E-state index is 12.6. The molecule has 0 spiro atoms. The first-order valence-electron chi connectivity index (χ1n) is 9.93. The van der Waals surface area contributed by atoms with Crippen molar-refractivity contribution in [1.29, 1.82) is 0 Å². The zero-order valence-corrected chi connectivity index (χ0v) is 17.2. The number of benzene rings is 1. The normalized spacial score (nSPS) is 14.8. The second-order valence-corrected chi connectivity index (χ2v) is 7.40. The van der Waals surface area contributed by atoms with Crippen molar-refractivity contribution in [3.8, 4) is 0 Å². The quantitative estimate of drug-likeness (QED) is 0.658. The number of ketones is 1. The van der Waals surface area contributed by atoms with Crippen LogP contribution < -0.4 is 0 Å². The number of rotatable bonds is 9. The highest BCUT2D eigenvalue weighted by atomic mass is 16.5. The molecular weight excluding hydrogens is 368 g/mol. The molecule has 2 aromatic rings. The van der Waals surface area contributed by atoms with Gasteiger partial charge in [0.15, 0.2) is 0 Å². The molecule has 1 aromatic carbocycles. The maximum atomic E-state index is 12.6. The molecule has 3 rings (SSSR count). The molecule has 0 unspecified atom stereocenters. The minimum atomic E-state index is -0.781. The van der Waals surface area contributed by atoms with Crippen LogP contribution in [-0.4, -0.2) is 42.1 Å². The first-order valence-corrected chi connectivity index (χ1v) is 9.93. The lowest BCUT2D eigenvalue weighted by Crippen LogP contribution is -2.16. The summed E-state index contributed by atoms with van der Waals surface area (Å²) in [4.78, 5) is 21.7. The fourth-order valence-electron chi connectivity index (χ4n) is 3.54.